The number of nitrogens with zero attached hydrogens (tertiary/aromatic N) is 1. The highest BCUT2D eigenvalue weighted by molar-refractivity contribution is 7.11. The Hall–Kier alpha value is -0.410. The summed E-state index contributed by atoms with van der Waals surface area (Å²) in [7, 11) is 2.05. The molecule has 2 nitrogen and oxygen atoms in total. The molecule has 1 aromatic rings. The van der Waals surface area contributed by atoms with Crippen LogP contribution in [0, 0.1) is 13.8 Å². The Morgan fingerprint density at radius 2 is 2.08 bits per heavy atom. The van der Waals surface area contributed by atoms with Crippen LogP contribution in [-0.4, -0.2) is 12.0 Å². The molecule has 2 rings (SSSR count). The molecule has 0 saturated heterocycles. The fourth-order valence-electron chi connectivity index (χ4n) is 1.78. The van der Waals surface area contributed by atoms with Crippen LogP contribution < -0.4 is 5.32 Å². The standard InChI is InChI=1S/C10H16N2S/c1-7-8(2)13-9(12-7)10(11-3)5-4-6-10/h11H,4-6H2,1-3H3. The predicted molar refractivity (Wildman–Crippen MR) is 56.2 cm³/mol. The van der Waals surface area contributed by atoms with E-state index in [9.17, 15) is 0 Å². The lowest BCUT2D eigenvalue weighted by Gasteiger charge is -2.39. The van der Waals surface area contributed by atoms with Crippen molar-refractivity contribution in [2.24, 2.45) is 0 Å². The third-order valence-electron chi connectivity index (χ3n) is 3.12. The summed E-state index contributed by atoms with van der Waals surface area (Å²) < 4.78 is 0. The van der Waals surface area contributed by atoms with Gasteiger partial charge in [0, 0.05) is 4.88 Å². The number of aryl methyl sites for hydroxylation is 2. The van der Waals surface area contributed by atoms with E-state index in [1.807, 2.05) is 18.4 Å². The molecule has 0 aromatic carbocycles. The maximum absolute atomic E-state index is 4.63. The molecule has 1 heterocycles. The van der Waals surface area contributed by atoms with E-state index >= 15 is 0 Å². The highest BCUT2D eigenvalue weighted by Gasteiger charge is 2.39. The molecule has 72 valence electrons. The van der Waals surface area contributed by atoms with Crippen LogP contribution in [0.15, 0.2) is 0 Å². The Labute approximate surface area is 83.4 Å². The molecule has 0 radical (unpaired) electrons. The molecule has 0 unspecified atom stereocenters. The lowest BCUT2D eigenvalue weighted by molar-refractivity contribution is 0.200. The molecule has 1 saturated carbocycles. The minimum Gasteiger partial charge on any atom is -0.308 e. The van der Waals surface area contributed by atoms with Crippen molar-refractivity contribution in [3.63, 3.8) is 0 Å². The summed E-state index contributed by atoms with van der Waals surface area (Å²) >= 11 is 1.85. The lowest BCUT2D eigenvalue weighted by Crippen LogP contribution is -2.45. The molecule has 0 bridgehead atoms. The zero-order chi connectivity index (χ0) is 9.47. The normalized spacial score (nSPS) is 19.9. The summed E-state index contributed by atoms with van der Waals surface area (Å²) in [6.45, 7) is 4.25. The molecule has 0 atom stereocenters. The topological polar surface area (TPSA) is 24.9 Å². The molecule has 1 aliphatic carbocycles. The Balaban J connectivity index is 2.33. The van der Waals surface area contributed by atoms with Crippen molar-refractivity contribution in [2.45, 2.75) is 38.6 Å². The first-order valence-electron chi connectivity index (χ1n) is 4.81. The summed E-state index contributed by atoms with van der Waals surface area (Å²) in [6, 6.07) is 0. The van der Waals surface area contributed by atoms with Crippen molar-refractivity contribution in [3.8, 4) is 0 Å². The maximum atomic E-state index is 4.63. The summed E-state index contributed by atoms with van der Waals surface area (Å²) in [5.74, 6) is 0. The fraction of sp³-hybridized carbons (Fsp3) is 0.700. The van der Waals surface area contributed by atoms with Crippen LogP contribution >= 0.6 is 11.3 Å². The van der Waals surface area contributed by atoms with Gasteiger partial charge in [-0.1, -0.05) is 0 Å². The first-order chi connectivity index (χ1) is 6.18. The quantitative estimate of drug-likeness (QED) is 0.785. The first kappa shape index (κ1) is 9.16. The smallest absolute Gasteiger partial charge is 0.113 e. The van der Waals surface area contributed by atoms with E-state index in [2.05, 4.69) is 24.1 Å². The second-order valence-electron chi connectivity index (χ2n) is 3.85. The summed E-state index contributed by atoms with van der Waals surface area (Å²) in [5.41, 5.74) is 1.42. The monoisotopic (exact) mass is 196 g/mol. The third-order valence-corrected chi connectivity index (χ3v) is 4.40. The molecule has 0 spiro atoms. The van der Waals surface area contributed by atoms with Crippen molar-refractivity contribution < 1.29 is 0 Å². The summed E-state index contributed by atoms with van der Waals surface area (Å²) in [4.78, 5) is 5.99. The lowest BCUT2D eigenvalue weighted by atomic mass is 9.77. The van der Waals surface area contributed by atoms with Crippen molar-refractivity contribution >= 4 is 11.3 Å². The van der Waals surface area contributed by atoms with Gasteiger partial charge in [-0.15, -0.1) is 11.3 Å². The van der Waals surface area contributed by atoms with E-state index in [0.717, 1.165) is 0 Å². The minimum atomic E-state index is 0.226. The first-order valence-corrected chi connectivity index (χ1v) is 5.63. The maximum Gasteiger partial charge on any atom is 0.113 e. The largest absolute Gasteiger partial charge is 0.308 e. The van der Waals surface area contributed by atoms with Crippen LogP contribution in [-0.2, 0) is 5.54 Å². The average Bonchev–Trinajstić information content (AvgIpc) is 2.31. The van der Waals surface area contributed by atoms with E-state index in [4.69, 9.17) is 0 Å². The number of hydrogen-bond acceptors (Lipinski definition) is 3. The van der Waals surface area contributed by atoms with Gasteiger partial charge in [0.2, 0.25) is 0 Å². The third kappa shape index (κ3) is 1.30. The van der Waals surface area contributed by atoms with Gasteiger partial charge in [0.05, 0.1) is 11.2 Å². The number of aromatic nitrogens is 1. The molecular weight excluding hydrogens is 180 g/mol. The van der Waals surface area contributed by atoms with E-state index < -0.39 is 0 Å². The van der Waals surface area contributed by atoms with Crippen molar-refractivity contribution in [1.29, 1.82) is 0 Å². The number of rotatable bonds is 2. The minimum absolute atomic E-state index is 0.226. The van der Waals surface area contributed by atoms with Crippen molar-refractivity contribution in [1.82, 2.24) is 10.3 Å². The van der Waals surface area contributed by atoms with Crippen molar-refractivity contribution in [3.05, 3.63) is 15.6 Å². The second kappa shape index (κ2) is 3.07. The van der Waals surface area contributed by atoms with Gasteiger partial charge in [-0.2, -0.15) is 0 Å². The Kier molecular flexibility index (Phi) is 2.16. The fourth-order valence-corrected chi connectivity index (χ4v) is 2.95. The van der Waals surface area contributed by atoms with Gasteiger partial charge in [-0.3, -0.25) is 0 Å². The molecular formula is C10H16N2S. The Bertz CT molecular complexity index is 288. The van der Waals surface area contributed by atoms with Crippen LogP contribution in [0.1, 0.15) is 34.8 Å². The van der Waals surface area contributed by atoms with Gasteiger partial charge in [0.15, 0.2) is 0 Å². The molecule has 0 amide bonds. The number of nitrogens with one attached hydrogen (secondary N) is 1. The Morgan fingerprint density at radius 1 is 1.38 bits per heavy atom. The average molecular weight is 196 g/mol. The van der Waals surface area contributed by atoms with Crippen LogP contribution in [0.4, 0.5) is 0 Å². The van der Waals surface area contributed by atoms with Gasteiger partial charge in [0.25, 0.3) is 0 Å². The highest BCUT2D eigenvalue weighted by Crippen LogP contribution is 2.42. The number of hydrogen-bond donors (Lipinski definition) is 1. The molecule has 1 N–H and O–H groups in total. The summed E-state index contributed by atoms with van der Waals surface area (Å²) in [5, 5.41) is 4.71. The highest BCUT2D eigenvalue weighted by atomic mass is 32.1. The van der Waals surface area contributed by atoms with Gasteiger partial charge in [-0.05, 0) is 40.2 Å². The van der Waals surface area contributed by atoms with Gasteiger partial charge in [0.1, 0.15) is 5.01 Å². The van der Waals surface area contributed by atoms with Crippen LogP contribution in [0.3, 0.4) is 0 Å². The second-order valence-corrected chi connectivity index (χ2v) is 5.05. The molecule has 0 aliphatic heterocycles. The zero-order valence-corrected chi connectivity index (χ0v) is 9.29. The molecule has 13 heavy (non-hydrogen) atoms. The SMILES string of the molecule is CNC1(c2nc(C)c(C)s2)CCC1. The van der Waals surface area contributed by atoms with Crippen molar-refractivity contribution in [2.75, 3.05) is 7.05 Å². The Morgan fingerprint density at radius 3 is 2.38 bits per heavy atom. The van der Waals surface area contributed by atoms with E-state index in [1.54, 1.807) is 0 Å². The predicted octanol–water partition coefficient (Wildman–Crippen LogP) is 2.36. The molecule has 1 fully saturated rings. The van der Waals surface area contributed by atoms with E-state index in [1.165, 1.54) is 34.8 Å². The van der Waals surface area contributed by atoms with Gasteiger partial charge in [-0.25, -0.2) is 4.98 Å². The zero-order valence-electron chi connectivity index (χ0n) is 8.48. The van der Waals surface area contributed by atoms with Gasteiger partial charge >= 0.3 is 0 Å². The molecule has 3 heteroatoms. The molecule has 1 aromatic heterocycles. The molecule has 1 aliphatic rings. The van der Waals surface area contributed by atoms with E-state index in [-0.39, 0.29) is 5.54 Å². The van der Waals surface area contributed by atoms with Gasteiger partial charge < -0.3 is 5.32 Å². The summed E-state index contributed by atoms with van der Waals surface area (Å²) in [6.07, 6.45) is 3.82. The van der Waals surface area contributed by atoms with Crippen LogP contribution in [0.2, 0.25) is 0 Å². The van der Waals surface area contributed by atoms with E-state index in [0.29, 0.717) is 0 Å². The van der Waals surface area contributed by atoms with Crippen LogP contribution in [0.25, 0.3) is 0 Å². The van der Waals surface area contributed by atoms with Crippen LogP contribution in [0.5, 0.6) is 0 Å². The number of thiazole rings is 1.